The van der Waals surface area contributed by atoms with Crippen LogP contribution in [0.4, 0.5) is 0 Å². The van der Waals surface area contributed by atoms with Crippen molar-refractivity contribution in [1.82, 2.24) is 48.2 Å². The van der Waals surface area contributed by atoms with Crippen LogP contribution in [0.5, 0.6) is 0 Å². The SMILES string of the molecule is Clc1nc(-c2ccc(-n3c4ccccc4c4c5c6ccccc6sc5c5ccccc5c43)cc2)c2sc3ccccc3c2n1.Clc1nc(-n2c3cc4ccccc4cc3c3c4c5ccccc5sc4c4ccccc4c32)c2sc3ccccc3c2n1.Clc1nc(-n2c3ccc(-c4ccc5c(c4)c4ccccc4n5-c4ccccc4)cc3c3c4c5ccccc5sc4c4ccccc4c32)c2sc3ccccc3c2n1. The van der Waals surface area contributed by atoms with E-state index in [1.807, 2.05) is 40.1 Å². The minimum atomic E-state index is 0.238. The maximum atomic E-state index is 6.88. The Bertz CT molecular complexity index is 11400. The molecular weight excluding hydrogens is 1930 g/mol. The van der Waals surface area contributed by atoms with Gasteiger partial charge in [-0.2, -0.15) is 9.97 Å². The number of fused-ring (bicyclic) bond motifs is 43. The van der Waals surface area contributed by atoms with Crippen LogP contribution >= 0.6 is 103 Å². The summed E-state index contributed by atoms with van der Waals surface area (Å²) in [6, 6.07) is 142. The summed E-state index contributed by atoms with van der Waals surface area (Å²) in [6.07, 6.45) is 0. The number of benzene rings is 20. The van der Waals surface area contributed by atoms with Crippen molar-refractivity contribution in [2.45, 2.75) is 0 Å². The van der Waals surface area contributed by atoms with Crippen LogP contribution in [0.1, 0.15) is 0 Å². The molecule has 143 heavy (non-hydrogen) atoms. The van der Waals surface area contributed by atoms with Gasteiger partial charge in [-0.15, -0.1) is 68.0 Å². The van der Waals surface area contributed by atoms with Gasteiger partial charge in [0.1, 0.15) is 0 Å². The molecule has 0 aliphatic rings. The maximum Gasteiger partial charge on any atom is 0.225 e. The molecule has 0 saturated carbocycles. The highest BCUT2D eigenvalue weighted by atomic mass is 35.5. The Kier molecular flexibility index (Phi) is 18.1. The van der Waals surface area contributed by atoms with Crippen LogP contribution in [0.2, 0.25) is 15.9 Å². The quantitative estimate of drug-likeness (QED) is 0.154. The number of halogens is 3. The molecule has 0 amide bonds. The second-order valence-corrected chi connectivity index (χ2v) is 43.8. The largest absolute Gasteiger partial charge is 0.309 e. The van der Waals surface area contributed by atoms with Crippen molar-refractivity contribution in [3.63, 3.8) is 0 Å². The zero-order valence-electron chi connectivity index (χ0n) is 75.1. The fourth-order valence-corrected chi connectivity index (χ4v) is 30.6. The van der Waals surface area contributed by atoms with Crippen LogP contribution < -0.4 is 0 Å². The van der Waals surface area contributed by atoms with Gasteiger partial charge < -0.3 is 9.13 Å². The molecule has 10 nitrogen and oxygen atoms in total. The minimum Gasteiger partial charge on any atom is -0.309 e. The Morgan fingerprint density at radius 1 is 0.182 bits per heavy atom. The predicted molar refractivity (Wildman–Crippen MR) is 617 cm³/mol. The highest BCUT2D eigenvalue weighted by Gasteiger charge is 2.31. The minimum absolute atomic E-state index is 0.238. The monoisotopic (exact) mass is 1990 g/mol. The normalized spacial score (nSPS) is 12.3. The summed E-state index contributed by atoms with van der Waals surface area (Å²) in [7, 11) is 0. The molecule has 0 saturated heterocycles. The van der Waals surface area contributed by atoms with Crippen molar-refractivity contribution >= 4 is 355 Å². The average molecular weight is 1990 g/mol. The van der Waals surface area contributed by atoms with E-state index in [0.29, 0.717) is 0 Å². The van der Waals surface area contributed by atoms with Gasteiger partial charge in [0.05, 0.1) is 80.5 Å². The molecule has 0 unspecified atom stereocenters. The van der Waals surface area contributed by atoms with Crippen LogP contribution in [0.3, 0.4) is 0 Å². The Hall–Kier alpha value is -15.9. The first-order valence-electron chi connectivity index (χ1n) is 47.2. The van der Waals surface area contributed by atoms with Crippen LogP contribution in [0, 0.1) is 0 Å². The van der Waals surface area contributed by atoms with E-state index in [-0.39, 0.29) is 15.9 Å². The lowest BCUT2D eigenvalue weighted by Gasteiger charge is -2.12. The summed E-state index contributed by atoms with van der Waals surface area (Å²) >= 11 is 30.9. The van der Waals surface area contributed by atoms with E-state index in [1.165, 1.54) is 184 Å². The van der Waals surface area contributed by atoms with Gasteiger partial charge in [-0.25, -0.2) is 19.9 Å². The standard InChI is InChI=1S/C50H27ClN4S2.C38H20ClN3S2.C36H18ClN3S2/c51-50-52-45-35-18-8-11-21-42(35)57-48(45)49(53-50)55-40-25-23-29(28-22-24-39-36(26-28)31-14-6-9-19-38(31)54(39)30-12-2-1-3-13-30)27-37(40)43-44-34-17-7-10-20-41(34)56-47(44)33-16-5-4-15-32(33)46(43)55;39-38-40-33(37-34(41-38)27-13-5-8-16-30(27)44-37)21-17-19-22(20-18-21)42-28-14-6-3-11-25(28)31-32-26-12-4-7-15-29(26)43-36(32)24-10-2-1-9-23(24)35(31)42;37-36-38-31-24-14-6-8-16-28(24)42-34(31)35(39-36)40-26-18-20-10-2-1-9-19(20)17-25(26)29-30-23-13-5-7-15-27(23)41-33(30)22-12-4-3-11-21(22)32(29)40/h1-27H;1-20H;1-18H. The van der Waals surface area contributed by atoms with E-state index < -0.39 is 0 Å². The molecule has 33 aromatic rings. The van der Waals surface area contributed by atoms with Crippen molar-refractivity contribution < 1.29 is 0 Å². The fraction of sp³-hybridized carbons (Fsp3) is 0. The Balaban J connectivity index is 0.0000000996. The third-order valence-corrected chi connectivity index (χ3v) is 36.5. The van der Waals surface area contributed by atoms with Gasteiger partial charge in [0.2, 0.25) is 15.9 Å². The van der Waals surface area contributed by atoms with Crippen LogP contribution in [-0.4, -0.2) is 48.2 Å². The van der Waals surface area contributed by atoms with Gasteiger partial charge in [-0.1, -0.05) is 285 Å². The van der Waals surface area contributed by atoms with Crippen LogP contribution in [0.15, 0.2) is 394 Å². The average Bonchev–Trinajstić information content (AvgIpc) is 1.57. The van der Waals surface area contributed by atoms with Gasteiger partial charge >= 0.3 is 0 Å². The summed E-state index contributed by atoms with van der Waals surface area (Å²) in [5.41, 5.74) is 18.5. The molecule has 0 bridgehead atoms. The number of nitrogens with zero attached hydrogens (tertiary/aromatic N) is 10. The number of aromatic nitrogens is 10. The van der Waals surface area contributed by atoms with E-state index in [2.05, 4.69) is 411 Å². The lowest BCUT2D eigenvalue weighted by Crippen LogP contribution is -2.00. The van der Waals surface area contributed by atoms with Crippen molar-refractivity contribution in [2.75, 3.05) is 0 Å². The Labute approximate surface area is 850 Å². The third kappa shape index (κ3) is 12.1. The lowest BCUT2D eigenvalue weighted by molar-refractivity contribution is 1.08. The molecule has 13 aromatic heterocycles. The molecule has 33 rings (SSSR count). The molecule has 20 aromatic carbocycles. The van der Waals surface area contributed by atoms with Crippen LogP contribution in [0.25, 0.3) is 297 Å². The van der Waals surface area contributed by atoms with Gasteiger partial charge in [-0.05, 0) is 166 Å². The van der Waals surface area contributed by atoms with E-state index >= 15 is 0 Å². The first kappa shape index (κ1) is 81.9. The number of rotatable bonds is 6. The first-order valence-corrected chi connectivity index (χ1v) is 53.2. The summed E-state index contributed by atoms with van der Waals surface area (Å²) in [5, 5.41) is 31.6. The van der Waals surface area contributed by atoms with Gasteiger partial charge in [0.25, 0.3) is 0 Å². The summed E-state index contributed by atoms with van der Waals surface area (Å²) in [5.74, 6) is 1.63. The fourth-order valence-electron chi connectivity index (χ4n) is 23.0. The van der Waals surface area contributed by atoms with E-state index in [1.54, 1.807) is 34.0 Å². The van der Waals surface area contributed by atoms with Crippen molar-refractivity contribution in [2.24, 2.45) is 0 Å². The predicted octanol–water partition coefficient (Wildman–Crippen LogP) is 37.9. The lowest BCUT2D eigenvalue weighted by atomic mass is 9.97. The molecule has 0 fully saturated rings. The molecule has 0 aliphatic carbocycles. The molecule has 13 heterocycles. The summed E-state index contributed by atoms with van der Waals surface area (Å²) in [4.78, 5) is 28.9. The number of thiophene rings is 6. The van der Waals surface area contributed by atoms with Crippen LogP contribution in [-0.2, 0) is 0 Å². The molecule has 0 atom stereocenters. The third-order valence-electron chi connectivity index (χ3n) is 28.9. The van der Waals surface area contributed by atoms with Crippen molar-refractivity contribution in [3.05, 3.63) is 410 Å². The van der Waals surface area contributed by atoms with Gasteiger partial charge in [-0.3, -0.25) is 9.13 Å². The summed E-state index contributed by atoms with van der Waals surface area (Å²) in [6.45, 7) is 0. The molecule has 0 spiro atoms. The topological polar surface area (TPSA) is 97.1 Å². The van der Waals surface area contributed by atoms with E-state index in [9.17, 15) is 0 Å². The molecular formula is C124H65Cl3N10S6. The second-order valence-electron chi connectivity index (χ2n) is 36.5. The summed E-state index contributed by atoms with van der Waals surface area (Å²) < 4.78 is 24.0. The molecule has 19 heteroatoms. The van der Waals surface area contributed by atoms with Crippen molar-refractivity contribution in [3.8, 4) is 45.4 Å². The second kappa shape index (κ2) is 31.5. The molecule has 0 radical (unpaired) electrons. The highest BCUT2D eigenvalue weighted by molar-refractivity contribution is 7.29. The smallest absolute Gasteiger partial charge is 0.225 e. The number of hydrogen-bond acceptors (Lipinski definition) is 12. The number of hydrogen-bond donors (Lipinski definition) is 0. The molecule has 0 aliphatic heterocycles. The van der Waals surface area contributed by atoms with Gasteiger partial charge in [0, 0.05) is 183 Å². The van der Waals surface area contributed by atoms with Gasteiger partial charge in [0.15, 0.2) is 11.6 Å². The van der Waals surface area contributed by atoms with Crippen molar-refractivity contribution in [1.29, 1.82) is 0 Å². The Morgan fingerprint density at radius 2 is 0.497 bits per heavy atom. The highest BCUT2D eigenvalue weighted by Crippen LogP contribution is 2.56. The molecule has 0 N–H and O–H groups in total. The molecule has 668 valence electrons. The van der Waals surface area contributed by atoms with E-state index in [0.717, 1.165) is 113 Å². The number of para-hydroxylation sites is 3. The maximum absolute atomic E-state index is 6.88. The zero-order valence-corrected chi connectivity index (χ0v) is 82.3. The zero-order chi connectivity index (χ0) is 93.8. The van der Waals surface area contributed by atoms with E-state index in [4.69, 9.17) is 59.7 Å². The first-order chi connectivity index (χ1) is 70.7. The Morgan fingerprint density at radius 3 is 0.986 bits per heavy atom.